The van der Waals surface area contributed by atoms with Gasteiger partial charge in [-0.25, -0.2) is 0 Å². The molecule has 2 rings (SSSR count). The first kappa shape index (κ1) is 13.5. The van der Waals surface area contributed by atoms with Gasteiger partial charge in [-0.15, -0.1) is 0 Å². The molecule has 0 spiro atoms. The minimum atomic E-state index is -0.0891. The summed E-state index contributed by atoms with van der Waals surface area (Å²) in [4.78, 5) is 4.37. The molecule has 1 aliphatic rings. The minimum absolute atomic E-state index is 0.0891. The molecule has 0 aromatic carbocycles. The van der Waals surface area contributed by atoms with Crippen LogP contribution < -0.4 is 5.32 Å². The Kier molecular flexibility index (Phi) is 4.58. The fourth-order valence-electron chi connectivity index (χ4n) is 2.29. The molecule has 1 fully saturated rings. The molecular weight excluding hydrogens is 348 g/mol. The van der Waals surface area contributed by atoms with Crippen LogP contribution in [0.4, 0.5) is 0 Å². The second-order valence-electron chi connectivity index (χ2n) is 4.58. The molecule has 17 heavy (non-hydrogen) atoms. The van der Waals surface area contributed by atoms with Crippen molar-refractivity contribution in [1.82, 2.24) is 10.3 Å². The third-order valence-corrected chi connectivity index (χ3v) is 4.50. The van der Waals surface area contributed by atoms with Crippen molar-refractivity contribution >= 4 is 31.9 Å². The Balaban J connectivity index is 2.01. The SMILES string of the molecule is OCC1(NCc2ncc(Br)cc2Br)CCCC1. The number of aliphatic hydroxyl groups excluding tert-OH is 1. The maximum Gasteiger partial charge on any atom is 0.0684 e. The summed E-state index contributed by atoms with van der Waals surface area (Å²) in [7, 11) is 0. The molecule has 0 amide bonds. The standard InChI is InChI=1S/C12H16Br2N2O/c13-9-5-10(14)11(15-6-9)7-16-12(8-17)3-1-2-4-12/h5-6,16-17H,1-4,7-8H2. The van der Waals surface area contributed by atoms with Crippen molar-refractivity contribution in [2.24, 2.45) is 0 Å². The van der Waals surface area contributed by atoms with Crippen molar-refractivity contribution in [2.45, 2.75) is 37.8 Å². The van der Waals surface area contributed by atoms with Gasteiger partial charge in [-0.3, -0.25) is 4.98 Å². The molecule has 0 saturated heterocycles. The number of halogens is 2. The lowest BCUT2D eigenvalue weighted by Crippen LogP contribution is -2.45. The molecular formula is C12H16Br2N2O. The van der Waals surface area contributed by atoms with Crippen LogP contribution in [0.5, 0.6) is 0 Å². The van der Waals surface area contributed by atoms with E-state index in [4.69, 9.17) is 0 Å². The Morgan fingerprint density at radius 2 is 2.06 bits per heavy atom. The van der Waals surface area contributed by atoms with Gasteiger partial charge in [-0.2, -0.15) is 0 Å². The monoisotopic (exact) mass is 362 g/mol. The summed E-state index contributed by atoms with van der Waals surface area (Å²) in [5.74, 6) is 0. The number of aliphatic hydroxyl groups is 1. The number of rotatable bonds is 4. The summed E-state index contributed by atoms with van der Waals surface area (Å²) in [5.41, 5.74) is 0.890. The second-order valence-corrected chi connectivity index (χ2v) is 6.35. The lowest BCUT2D eigenvalue weighted by molar-refractivity contribution is 0.162. The first-order valence-electron chi connectivity index (χ1n) is 5.81. The lowest BCUT2D eigenvalue weighted by Gasteiger charge is -2.28. The number of nitrogens with one attached hydrogen (secondary N) is 1. The molecule has 3 nitrogen and oxygen atoms in total. The van der Waals surface area contributed by atoms with Gasteiger partial charge in [0.2, 0.25) is 0 Å². The molecule has 1 heterocycles. The Morgan fingerprint density at radius 1 is 1.35 bits per heavy atom. The van der Waals surface area contributed by atoms with E-state index in [9.17, 15) is 5.11 Å². The molecule has 5 heteroatoms. The molecule has 0 atom stereocenters. The third kappa shape index (κ3) is 3.28. The van der Waals surface area contributed by atoms with Crippen LogP contribution in [0.15, 0.2) is 21.2 Å². The van der Waals surface area contributed by atoms with E-state index in [1.807, 2.05) is 6.07 Å². The maximum atomic E-state index is 9.51. The third-order valence-electron chi connectivity index (χ3n) is 3.38. The molecule has 0 aliphatic heterocycles. The zero-order chi connectivity index (χ0) is 12.3. The molecule has 2 N–H and O–H groups in total. The Labute approximate surface area is 118 Å². The van der Waals surface area contributed by atoms with Gasteiger partial charge in [0.05, 0.1) is 12.3 Å². The van der Waals surface area contributed by atoms with Crippen LogP contribution in [0.25, 0.3) is 0 Å². The summed E-state index contributed by atoms with van der Waals surface area (Å²) in [6.07, 6.45) is 6.29. The van der Waals surface area contributed by atoms with Crippen molar-refractivity contribution < 1.29 is 5.11 Å². The molecule has 0 unspecified atom stereocenters. The zero-order valence-corrected chi connectivity index (χ0v) is 12.7. The molecule has 1 saturated carbocycles. The van der Waals surface area contributed by atoms with Gasteiger partial charge in [-0.1, -0.05) is 12.8 Å². The Hall–Kier alpha value is 0.0300. The fourth-order valence-corrected chi connectivity index (χ4v) is 3.41. The van der Waals surface area contributed by atoms with Crippen LogP contribution in [0.3, 0.4) is 0 Å². The van der Waals surface area contributed by atoms with E-state index in [0.29, 0.717) is 6.54 Å². The Morgan fingerprint density at radius 3 is 2.65 bits per heavy atom. The van der Waals surface area contributed by atoms with E-state index >= 15 is 0 Å². The number of pyridine rings is 1. The average Bonchev–Trinajstić information content (AvgIpc) is 2.77. The lowest BCUT2D eigenvalue weighted by atomic mass is 9.99. The van der Waals surface area contributed by atoms with Crippen LogP contribution in [-0.4, -0.2) is 22.2 Å². The second kappa shape index (κ2) is 5.78. The Bertz CT molecular complexity index is 392. The topological polar surface area (TPSA) is 45.1 Å². The van der Waals surface area contributed by atoms with Crippen LogP contribution in [-0.2, 0) is 6.54 Å². The van der Waals surface area contributed by atoms with E-state index in [-0.39, 0.29) is 12.1 Å². The predicted molar refractivity (Wildman–Crippen MR) is 74.8 cm³/mol. The minimum Gasteiger partial charge on any atom is -0.394 e. The highest BCUT2D eigenvalue weighted by Gasteiger charge is 2.32. The van der Waals surface area contributed by atoms with Gasteiger partial charge in [0, 0.05) is 27.2 Å². The fraction of sp³-hybridized carbons (Fsp3) is 0.583. The quantitative estimate of drug-likeness (QED) is 0.864. The van der Waals surface area contributed by atoms with Crippen molar-refractivity contribution in [1.29, 1.82) is 0 Å². The van der Waals surface area contributed by atoms with Crippen molar-refractivity contribution in [3.05, 3.63) is 26.9 Å². The smallest absolute Gasteiger partial charge is 0.0684 e. The number of aromatic nitrogens is 1. The average molecular weight is 364 g/mol. The van der Waals surface area contributed by atoms with E-state index in [1.165, 1.54) is 12.8 Å². The molecule has 1 aromatic rings. The largest absolute Gasteiger partial charge is 0.394 e. The molecule has 1 aromatic heterocycles. The predicted octanol–water partition coefficient (Wildman–Crippen LogP) is 3.00. The van der Waals surface area contributed by atoms with Gasteiger partial charge in [0.1, 0.15) is 0 Å². The van der Waals surface area contributed by atoms with E-state index in [1.54, 1.807) is 6.20 Å². The molecule has 0 bridgehead atoms. The molecule has 94 valence electrons. The molecule has 0 radical (unpaired) electrons. The maximum absolute atomic E-state index is 9.51. The number of hydrogen-bond donors (Lipinski definition) is 2. The van der Waals surface area contributed by atoms with Gasteiger partial charge in [0.15, 0.2) is 0 Å². The number of hydrogen-bond acceptors (Lipinski definition) is 3. The highest BCUT2D eigenvalue weighted by atomic mass is 79.9. The van der Waals surface area contributed by atoms with Gasteiger partial charge < -0.3 is 10.4 Å². The van der Waals surface area contributed by atoms with Crippen molar-refractivity contribution in [3.63, 3.8) is 0 Å². The summed E-state index contributed by atoms with van der Waals surface area (Å²) < 4.78 is 1.95. The van der Waals surface area contributed by atoms with Gasteiger partial charge in [0.25, 0.3) is 0 Å². The van der Waals surface area contributed by atoms with Gasteiger partial charge in [-0.05, 0) is 50.8 Å². The van der Waals surface area contributed by atoms with E-state index in [2.05, 4.69) is 42.2 Å². The van der Waals surface area contributed by atoms with E-state index in [0.717, 1.165) is 27.5 Å². The number of nitrogens with zero attached hydrogens (tertiary/aromatic N) is 1. The van der Waals surface area contributed by atoms with Crippen LogP contribution >= 0.6 is 31.9 Å². The van der Waals surface area contributed by atoms with Crippen LogP contribution in [0.1, 0.15) is 31.4 Å². The van der Waals surface area contributed by atoms with Crippen LogP contribution in [0, 0.1) is 0 Å². The first-order valence-corrected chi connectivity index (χ1v) is 7.40. The normalized spacial score (nSPS) is 18.5. The first-order chi connectivity index (χ1) is 8.15. The highest BCUT2D eigenvalue weighted by molar-refractivity contribution is 9.11. The van der Waals surface area contributed by atoms with E-state index < -0.39 is 0 Å². The van der Waals surface area contributed by atoms with Gasteiger partial charge >= 0.3 is 0 Å². The highest BCUT2D eigenvalue weighted by Crippen LogP contribution is 2.30. The van der Waals surface area contributed by atoms with Crippen LogP contribution in [0.2, 0.25) is 0 Å². The molecule has 1 aliphatic carbocycles. The summed E-state index contributed by atoms with van der Waals surface area (Å²) in [6.45, 7) is 0.898. The van der Waals surface area contributed by atoms with Crippen molar-refractivity contribution in [3.8, 4) is 0 Å². The van der Waals surface area contributed by atoms with Crippen molar-refractivity contribution in [2.75, 3.05) is 6.61 Å². The summed E-state index contributed by atoms with van der Waals surface area (Å²) >= 11 is 6.89. The summed E-state index contributed by atoms with van der Waals surface area (Å²) in [6, 6.07) is 1.99. The zero-order valence-electron chi connectivity index (χ0n) is 9.55. The summed E-state index contributed by atoms with van der Waals surface area (Å²) in [5, 5.41) is 13.0.